The molecule has 0 bridgehead atoms. The fraction of sp³-hybridized carbons (Fsp3) is 0.429. The second-order valence-corrected chi connectivity index (χ2v) is 5.62. The van der Waals surface area contributed by atoms with Crippen molar-refractivity contribution in [2.75, 3.05) is 27.2 Å². The number of nitrogens with zero attached hydrogens (tertiary/aromatic N) is 1. The quantitative estimate of drug-likeness (QED) is 0.568. The maximum atomic E-state index is 11.8. The third-order valence-electron chi connectivity index (χ3n) is 2.59. The zero-order valence-electron chi connectivity index (χ0n) is 11.8. The SMILES string of the molecule is CN(C)CCCCNC(=O)c1csc(C=CC(=O)O)c1. The summed E-state index contributed by atoms with van der Waals surface area (Å²) in [6.45, 7) is 1.67. The van der Waals surface area contributed by atoms with E-state index >= 15 is 0 Å². The first-order valence-corrected chi connectivity index (χ1v) is 7.29. The van der Waals surface area contributed by atoms with Gasteiger partial charge < -0.3 is 15.3 Å². The molecule has 0 aromatic carbocycles. The van der Waals surface area contributed by atoms with E-state index < -0.39 is 5.97 Å². The molecule has 0 unspecified atom stereocenters. The summed E-state index contributed by atoms with van der Waals surface area (Å²) >= 11 is 1.35. The van der Waals surface area contributed by atoms with Gasteiger partial charge in [-0.3, -0.25) is 4.79 Å². The van der Waals surface area contributed by atoms with Gasteiger partial charge in [-0.25, -0.2) is 4.79 Å². The maximum Gasteiger partial charge on any atom is 0.328 e. The minimum Gasteiger partial charge on any atom is -0.478 e. The predicted molar refractivity (Wildman–Crippen MR) is 81.1 cm³/mol. The summed E-state index contributed by atoms with van der Waals surface area (Å²) in [6, 6.07) is 1.69. The van der Waals surface area contributed by atoms with Gasteiger partial charge in [0.25, 0.3) is 5.91 Å². The van der Waals surface area contributed by atoms with Crippen molar-refractivity contribution in [2.24, 2.45) is 0 Å². The summed E-state index contributed by atoms with van der Waals surface area (Å²) in [7, 11) is 4.05. The lowest BCUT2D eigenvalue weighted by atomic mass is 10.2. The van der Waals surface area contributed by atoms with Gasteiger partial charge in [0, 0.05) is 22.9 Å². The molecule has 1 aromatic heterocycles. The van der Waals surface area contributed by atoms with Crippen molar-refractivity contribution in [3.63, 3.8) is 0 Å². The molecule has 1 rings (SSSR count). The van der Waals surface area contributed by atoms with Crippen molar-refractivity contribution in [1.29, 1.82) is 0 Å². The number of hydrogen-bond acceptors (Lipinski definition) is 4. The number of nitrogens with one attached hydrogen (secondary N) is 1. The van der Waals surface area contributed by atoms with Gasteiger partial charge >= 0.3 is 5.97 Å². The molecular weight excluding hydrogens is 276 g/mol. The Labute approximate surface area is 122 Å². The highest BCUT2D eigenvalue weighted by Crippen LogP contribution is 2.16. The smallest absolute Gasteiger partial charge is 0.328 e. The zero-order chi connectivity index (χ0) is 15.0. The number of thiophene rings is 1. The van der Waals surface area contributed by atoms with Crippen LogP contribution in [-0.4, -0.2) is 49.1 Å². The van der Waals surface area contributed by atoms with Crippen LogP contribution < -0.4 is 5.32 Å². The number of unbranched alkanes of at least 4 members (excludes halogenated alkanes) is 1. The number of amides is 1. The Morgan fingerprint density at radius 2 is 2.15 bits per heavy atom. The lowest BCUT2D eigenvalue weighted by Gasteiger charge is -2.09. The minimum atomic E-state index is -0.995. The zero-order valence-corrected chi connectivity index (χ0v) is 12.6. The number of carbonyl (C=O) groups excluding carboxylic acids is 1. The van der Waals surface area contributed by atoms with Crippen LogP contribution in [-0.2, 0) is 4.79 Å². The van der Waals surface area contributed by atoms with Crippen molar-refractivity contribution in [1.82, 2.24) is 10.2 Å². The fourth-order valence-corrected chi connectivity index (χ4v) is 2.35. The molecule has 0 saturated heterocycles. The van der Waals surface area contributed by atoms with E-state index in [1.54, 1.807) is 11.4 Å². The average Bonchev–Trinajstić information content (AvgIpc) is 2.84. The van der Waals surface area contributed by atoms with E-state index in [1.165, 1.54) is 17.4 Å². The normalized spacial score (nSPS) is 11.2. The number of rotatable bonds is 8. The number of hydrogen-bond donors (Lipinski definition) is 2. The van der Waals surface area contributed by atoms with E-state index in [4.69, 9.17) is 5.11 Å². The van der Waals surface area contributed by atoms with Crippen LogP contribution in [0.15, 0.2) is 17.5 Å². The molecule has 6 heteroatoms. The highest BCUT2D eigenvalue weighted by atomic mass is 32.1. The van der Waals surface area contributed by atoms with Gasteiger partial charge in [0.15, 0.2) is 0 Å². The third-order valence-corrected chi connectivity index (χ3v) is 3.49. The topological polar surface area (TPSA) is 69.6 Å². The number of carboxylic acid groups (broad SMARTS) is 1. The second-order valence-electron chi connectivity index (χ2n) is 4.68. The summed E-state index contributed by atoms with van der Waals surface area (Å²) in [4.78, 5) is 25.1. The van der Waals surface area contributed by atoms with E-state index in [0.29, 0.717) is 12.1 Å². The van der Waals surface area contributed by atoms with Crippen LogP contribution in [0.4, 0.5) is 0 Å². The van der Waals surface area contributed by atoms with Crippen molar-refractivity contribution >= 4 is 29.3 Å². The molecule has 0 aliphatic carbocycles. The molecule has 0 saturated carbocycles. The van der Waals surface area contributed by atoms with Crippen LogP contribution in [0.1, 0.15) is 28.1 Å². The monoisotopic (exact) mass is 296 g/mol. The highest BCUT2D eigenvalue weighted by molar-refractivity contribution is 7.11. The molecule has 0 aliphatic heterocycles. The largest absolute Gasteiger partial charge is 0.478 e. The van der Waals surface area contributed by atoms with Gasteiger partial charge in [-0.15, -0.1) is 11.3 Å². The number of carboxylic acids is 1. The Kier molecular flexibility index (Phi) is 6.97. The van der Waals surface area contributed by atoms with Gasteiger partial charge in [-0.1, -0.05) is 0 Å². The van der Waals surface area contributed by atoms with E-state index in [0.717, 1.165) is 30.3 Å². The Balaban J connectivity index is 2.35. The molecule has 0 radical (unpaired) electrons. The molecule has 0 aliphatic rings. The molecule has 1 amide bonds. The highest BCUT2D eigenvalue weighted by Gasteiger charge is 2.07. The molecule has 0 atom stereocenters. The lowest BCUT2D eigenvalue weighted by Crippen LogP contribution is -2.24. The van der Waals surface area contributed by atoms with Gasteiger partial charge in [0.05, 0.1) is 5.56 Å². The molecule has 110 valence electrons. The van der Waals surface area contributed by atoms with Crippen LogP contribution in [0.25, 0.3) is 6.08 Å². The van der Waals surface area contributed by atoms with Crippen molar-refractivity contribution < 1.29 is 14.7 Å². The Bertz CT molecular complexity index is 481. The number of carbonyl (C=O) groups is 2. The molecule has 0 spiro atoms. The molecule has 20 heavy (non-hydrogen) atoms. The number of aliphatic carboxylic acids is 1. The summed E-state index contributed by atoms with van der Waals surface area (Å²) < 4.78 is 0. The molecular formula is C14H20N2O3S. The summed E-state index contributed by atoms with van der Waals surface area (Å²) in [5.41, 5.74) is 0.577. The molecule has 1 heterocycles. The predicted octanol–water partition coefficient (Wildman–Crippen LogP) is 1.92. The van der Waals surface area contributed by atoms with Crippen LogP contribution >= 0.6 is 11.3 Å². The van der Waals surface area contributed by atoms with Gasteiger partial charge in [0.1, 0.15) is 0 Å². The summed E-state index contributed by atoms with van der Waals surface area (Å²) in [6.07, 6.45) is 4.54. The standard InChI is InChI=1S/C14H20N2O3S/c1-16(2)8-4-3-7-15-14(19)11-9-12(20-10-11)5-6-13(17)18/h5-6,9-10H,3-4,7-8H2,1-2H3,(H,15,19)(H,17,18). The molecule has 2 N–H and O–H groups in total. The van der Waals surface area contributed by atoms with Crippen LogP contribution in [0.5, 0.6) is 0 Å². The molecule has 5 nitrogen and oxygen atoms in total. The second kappa shape index (κ2) is 8.50. The van der Waals surface area contributed by atoms with Gasteiger partial charge in [0.2, 0.25) is 0 Å². The molecule has 0 fully saturated rings. The molecule has 1 aromatic rings. The van der Waals surface area contributed by atoms with Crippen molar-refractivity contribution in [2.45, 2.75) is 12.8 Å². The maximum absolute atomic E-state index is 11.8. The van der Waals surface area contributed by atoms with Crippen LogP contribution in [0, 0.1) is 0 Å². The fourth-order valence-electron chi connectivity index (χ4n) is 1.57. The van der Waals surface area contributed by atoms with Gasteiger partial charge in [-0.2, -0.15) is 0 Å². The van der Waals surface area contributed by atoms with E-state index in [2.05, 4.69) is 10.2 Å². The van der Waals surface area contributed by atoms with E-state index in [9.17, 15) is 9.59 Å². The lowest BCUT2D eigenvalue weighted by molar-refractivity contribution is -0.131. The van der Waals surface area contributed by atoms with E-state index in [1.807, 2.05) is 14.1 Å². The Morgan fingerprint density at radius 3 is 2.80 bits per heavy atom. The Morgan fingerprint density at radius 1 is 1.40 bits per heavy atom. The van der Waals surface area contributed by atoms with Crippen molar-refractivity contribution in [3.05, 3.63) is 28.0 Å². The Hall–Kier alpha value is -1.66. The first-order chi connectivity index (χ1) is 9.49. The first kappa shape index (κ1) is 16.4. The third kappa shape index (κ3) is 6.49. The van der Waals surface area contributed by atoms with Crippen LogP contribution in [0.3, 0.4) is 0 Å². The summed E-state index contributed by atoms with van der Waals surface area (Å²) in [5.74, 6) is -1.11. The summed E-state index contributed by atoms with van der Waals surface area (Å²) in [5, 5.41) is 13.1. The average molecular weight is 296 g/mol. The van der Waals surface area contributed by atoms with Gasteiger partial charge in [-0.05, 0) is 45.6 Å². The van der Waals surface area contributed by atoms with Crippen molar-refractivity contribution in [3.8, 4) is 0 Å². The van der Waals surface area contributed by atoms with Crippen LogP contribution in [0.2, 0.25) is 0 Å². The first-order valence-electron chi connectivity index (χ1n) is 6.41. The van der Waals surface area contributed by atoms with E-state index in [-0.39, 0.29) is 5.91 Å². The minimum absolute atomic E-state index is 0.110.